The average molecular weight is 994 g/mol. The molecule has 26 heteroatoms. The lowest BCUT2D eigenvalue weighted by Crippen LogP contribution is -2.61. The van der Waals surface area contributed by atoms with E-state index in [1.54, 1.807) is 27.7 Å². The quantitative estimate of drug-likeness (QED) is 0.0583. The number of rotatable bonds is 20. The molecule has 11 amide bonds. The molecule has 69 heavy (non-hydrogen) atoms. The van der Waals surface area contributed by atoms with Crippen molar-refractivity contribution in [2.45, 2.75) is 128 Å². The molecule has 1 aromatic carbocycles. The molecular weight excluding hydrogens is 927 g/mol. The molecule has 0 aromatic heterocycles. The minimum Gasteiger partial charge on any atom is -0.508 e. The Morgan fingerprint density at radius 2 is 1.38 bits per heavy atom. The van der Waals surface area contributed by atoms with E-state index in [1.165, 1.54) is 24.3 Å². The Morgan fingerprint density at radius 3 is 1.96 bits per heavy atom. The summed E-state index contributed by atoms with van der Waals surface area (Å²) in [6.07, 6.45) is -2.81. The monoisotopic (exact) mass is 993 g/mol. The highest BCUT2D eigenvalue weighted by molar-refractivity contribution is 7.85. The van der Waals surface area contributed by atoms with Gasteiger partial charge in [-0.2, -0.15) is 0 Å². The fourth-order valence-electron chi connectivity index (χ4n) is 6.84. The van der Waals surface area contributed by atoms with Gasteiger partial charge in [-0.25, -0.2) is 0 Å². The number of nitrogens with one attached hydrogen (secondary N) is 8. The second kappa shape index (κ2) is 29.2. The molecule has 0 spiro atoms. The summed E-state index contributed by atoms with van der Waals surface area (Å²) < 4.78 is 13.4. The number of phenolic OH excluding ortho intramolecular Hbond substituents is 1. The predicted molar refractivity (Wildman–Crippen MR) is 247 cm³/mol. The molecule has 1 aliphatic rings. The van der Waals surface area contributed by atoms with E-state index in [4.69, 9.17) is 17.2 Å². The van der Waals surface area contributed by atoms with Crippen LogP contribution in [0, 0.1) is 11.8 Å². The average Bonchev–Trinajstić information content (AvgIpc) is 3.27. The number of carbonyl (C=O) groups excluding carboxylic acids is 11. The molecule has 0 saturated carbocycles. The third kappa shape index (κ3) is 21.4. The molecule has 1 aromatic rings. The highest BCUT2D eigenvalue weighted by atomic mass is 32.2. The van der Waals surface area contributed by atoms with Crippen LogP contribution < -0.4 is 59.7 Å². The first-order chi connectivity index (χ1) is 32.4. The zero-order chi connectivity index (χ0) is 52.0. The Labute approximate surface area is 401 Å². The van der Waals surface area contributed by atoms with Crippen molar-refractivity contribution >= 4 is 75.8 Å². The summed E-state index contributed by atoms with van der Waals surface area (Å²) >= 11 is 0. The van der Waals surface area contributed by atoms with Crippen LogP contribution >= 0.6 is 0 Å². The molecule has 1 fully saturated rings. The first kappa shape index (κ1) is 58.4. The van der Waals surface area contributed by atoms with Crippen molar-refractivity contribution in [2.75, 3.05) is 24.7 Å². The summed E-state index contributed by atoms with van der Waals surface area (Å²) in [5.41, 5.74) is 16.5. The van der Waals surface area contributed by atoms with Crippen molar-refractivity contribution in [1.29, 1.82) is 0 Å². The van der Waals surface area contributed by atoms with Crippen LogP contribution in [0.25, 0.3) is 0 Å². The second-order valence-corrected chi connectivity index (χ2v) is 18.8. The topological polar surface area (TPSA) is 420 Å². The molecule has 0 radical (unpaired) electrons. The number of phenols is 1. The third-order valence-corrected chi connectivity index (χ3v) is 12.2. The van der Waals surface area contributed by atoms with Gasteiger partial charge in [-0.05, 0) is 55.2 Å². The van der Waals surface area contributed by atoms with E-state index in [0.717, 1.165) is 0 Å². The second-order valence-electron chi connectivity index (χ2n) is 17.1. The molecule has 9 atom stereocenters. The van der Waals surface area contributed by atoms with Crippen molar-refractivity contribution in [2.24, 2.45) is 29.0 Å². The summed E-state index contributed by atoms with van der Waals surface area (Å²) in [6, 6.07) is -4.92. The Morgan fingerprint density at radius 1 is 0.754 bits per heavy atom. The number of hydrogen-bond donors (Lipinski definition) is 13. The number of hydrogen-bond acceptors (Lipinski definition) is 14. The maximum absolute atomic E-state index is 14.0. The number of primary amides is 3. The van der Waals surface area contributed by atoms with Crippen LogP contribution in [0.1, 0.15) is 84.6 Å². The normalized spacial score (nSPS) is 22.4. The van der Waals surface area contributed by atoms with E-state index in [-0.39, 0.29) is 36.0 Å². The molecule has 25 nitrogen and oxygen atoms in total. The zero-order valence-corrected chi connectivity index (χ0v) is 39.9. The van der Waals surface area contributed by atoms with Crippen LogP contribution in [0.15, 0.2) is 24.3 Å². The first-order valence-electron chi connectivity index (χ1n) is 22.4. The molecule has 1 aliphatic heterocycles. The number of benzene rings is 1. The Kier molecular flexibility index (Phi) is 24.8. The number of carbonyl (C=O) groups is 11. The smallest absolute Gasteiger partial charge is 0.243 e. The summed E-state index contributed by atoms with van der Waals surface area (Å²) in [6.45, 7) is 5.64. The van der Waals surface area contributed by atoms with E-state index in [9.17, 15) is 67.2 Å². The summed E-state index contributed by atoms with van der Waals surface area (Å²) in [5, 5.41) is 39.2. The minimum absolute atomic E-state index is 0.0686. The fourth-order valence-corrected chi connectivity index (χ4v) is 7.96. The van der Waals surface area contributed by atoms with Crippen LogP contribution in [0.3, 0.4) is 0 Å². The largest absolute Gasteiger partial charge is 0.508 e. The third-order valence-electron chi connectivity index (χ3n) is 10.8. The Bertz CT molecular complexity index is 2040. The number of aliphatic hydroxyl groups excluding tert-OH is 1. The highest BCUT2D eigenvalue weighted by Gasteiger charge is 2.36. The van der Waals surface area contributed by atoms with E-state index in [0.29, 0.717) is 12.0 Å². The molecule has 1 heterocycles. The Hall–Kier alpha value is -6.70. The van der Waals surface area contributed by atoms with Crippen molar-refractivity contribution in [3.63, 3.8) is 0 Å². The van der Waals surface area contributed by atoms with E-state index in [1.807, 2.05) is 0 Å². The van der Waals surface area contributed by atoms with Gasteiger partial charge < -0.3 is 69.9 Å². The van der Waals surface area contributed by atoms with Gasteiger partial charge in [0.05, 0.1) is 13.0 Å². The fraction of sp³-hybridized carbons (Fsp3) is 0.605. The number of nitrogens with two attached hydrogens (primary N) is 3. The maximum Gasteiger partial charge on any atom is 0.243 e. The molecule has 2 rings (SSSR count). The van der Waals surface area contributed by atoms with Crippen LogP contribution in [0.5, 0.6) is 5.75 Å². The SMILES string of the molecule is CC[C@H](C)[C@@H]1NC(=O)[C@H](Cc2ccc(O)cc2)NC(=O)CCS(=O)CC[C@@H](C(=O)N[C@@H](CCO)C(=O)N[C@@H](CC(C)C)C(=O)NCC(N)=O)NC(=O)[C@H](CC(N)=O)NC(=O)[C@H](CCC(N)=O)NC1=O. The standard InChI is InChI=1S/C43H67N11O14S/c1-5-23(4)36-43(67)51-26(10-11-32(44)57)38(62)53-31(20-33(45)58)41(65)50-28(40(64)49-27(12-15-55)39(63)52-29(18-22(2)3)37(61)47-21-34(46)59)13-16-69(68)17-14-35(60)48-30(42(66)54-36)19-24-6-8-25(56)9-7-24/h6-9,22-23,26-31,36,55-56H,5,10-21H2,1-4H3,(H2,44,57)(H2,45,58)(H2,46,59)(H,47,61)(H,48,60)(H,49,64)(H,50,65)(H,51,67)(H,52,63)(H,53,62)(H,54,66)/t23-,26-,27-,28-,29-,30-,31-,36-,69?/m0/s1. The lowest BCUT2D eigenvalue weighted by Gasteiger charge is -2.29. The van der Waals surface area contributed by atoms with Gasteiger partial charge in [0.2, 0.25) is 65.0 Å². The molecule has 0 bridgehead atoms. The lowest BCUT2D eigenvalue weighted by atomic mass is 9.96. The van der Waals surface area contributed by atoms with Gasteiger partial charge in [0.25, 0.3) is 0 Å². The minimum atomic E-state index is -1.91. The Balaban J connectivity index is 2.64. The van der Waals surface area contributed by atoms with Gasteiger partial charge in [-0.15, -0.1) is 0 Å². The van der Waals surface area contributed by atoms with Crippen LogP contribution in [0.2, 0.25) is 0 Å². The lowest BCUT2D eigenvalue weighted by molar-refractivity contribution is -0.137. The van der Waals surface area contributed by atoms with Crippen LogP contribution in [-0.2, 0) is 70.0 Å². The summed E-state index contributed by atoms with van der Waals surface area (Å²) in [7, 11) is -1.91. The summed E-state index contributed by atoms with van der Waals surface area (Å²) in [4.78, 5) is 145. The number of amides is 11. The molecule has 1 unspecified atom stereocenters. The molecular formula is C43H67N11O14S. The van der Waals surface area contributed by atoms with Gasteiger partial charge in [0, 0.05) is 48.2 Å². The van der Waals surface area contributed by atoms with Crippen molar-refractivity contribution in [1.82, 2.24) is 42.5 Å². The van der Waals surface area contributed by atoms with Gasteiger partial charge in [0.1, 0.15) is 48.0 Å². The maximum atomic E-state index is 14.0. The molecule has 16 N–H and O–H groups in total. The highest BCUT2D eigenvalue weighted by Crippen LogP contribution is 2.15. The van der Waals surface area contributed by atoms with E-state index < -0.39 is 176 Å². The van der Waals surface area contributed by atoms with Gasteiger partial charge in [-0.3, -0.25) is 56.9 Å². The predicted octanol–water partition coefficient (Wildman–Crippen LogP) is -4.91. The van der Waals surface area contributed by atoms with E-state index in [2.05, 4.69) is 42.5 Å². The van der Waals surface area contributed by atoms with Crippen LogP contribution in [-0.4, -0.2) is 146 Å². The van der Waals surface area contributed by atoms with Gasteiger partial charge in [-0.1, -0.05) is 46.2 Å². The van der Waals surface area contributed by atoms with Gasteiger partial charge >= 0.3 is 0 Å². The number of aromatic hydroxyl groups is 1. The molecule has 384 valence electrons. The van der Waals surface area contributed by atoms with Crippen LogP contribution in [0.4, 0.5) is 0 Å². The first-order valence-corrected chi connectivity index (χ1v) is 23.9. The molecule has 0 aliphatic carbocycles. The van der Waals surface area contributed by atoms with Crippen molar-refractivity contribution in [3.05, 3.63) is 29.8 Å². The van der Waals surface area contributed by atoms with Gasteiger partial charge in [0.15, 0.2) is 0 Å². The van der Waals surface area contributed by atoms with E-state index >= 15 is 0 Å². The molecule has 1 saturated heterocycles. The number of aliphatic hydroxyl groups is 1. The summed E-state index contributed by atoms with van der Waals surface area (Å²) in [5.74, 6) is -12.0. The van der Waals surface area contributed by atoms with Crippen molar-refractivity contribution in [3.8, 4) is 5.75 Å². The zero-order valence-electron chi connectivity index (χ0n) is 39.1. The van der Waals surface area contributed by atoms with Crippen molar-refractivity contribution < 1.29 is 67.2 Å².